The Bertz CT molecular complexity index is 294. The van der Waals surface area contributed by atoms with Crippen LogP contribution in [0, 0.1) is 0 Å². The van der Waals surface area contributed by atoms with Crippen LogP contribution in [0.25, 0.3) is 0 Å². The van der Waals surface area contributed by atoms with Crippen molar-refractivity contribution in [3.8, 4) is 0 Å². The van der Waals surface area contributed by atoms with E-state index in [1.54, 1.807) is 0 Å². The van der Waals surface area contributed by atoms with Crippen molar-refractivity contribution < 1.29 is 14.7 Å². The molecule has 0 aromatic heterocycles. The number of nitrogens with one attached hydrogen (secondary N) is 1. The normalized spacial score (nSPS) is 20.2. The minimum atomic E-state index is -0.841. The summed E-state index contributed by atoms with van der Waals surface area (Å²) in [5, 5.41) is 11.3. The number of hydrogen-bond donors (Lipinski definition) is 2. The molecule has 0 aromatic carbocycles. The molecule has 1 rings (SSSR count). The van der Waals surface area contributed by atoms with Crippen LogP contribution in [-0.4, -0.2) is 47.6 Å². The molecule has 1 saturated heterocycles. The van der Waals surface area contributed by atoms with Crippen LogP contribution >= 0.6 is 0 Å². The van der Waals surface area contributed by atoms with Gasteiger partial charge in [0.1, 0.15) is 0 Å². The Labute approximate surface area is 115 Å². The van der Waals surface area contributed by atoms with Crippen LogP contribution in [0.3, 0.4) is 0 Å². The van der Waals surface area contributed by atoms with E-state index >= 15 is 0 Å². The number of nitrogens with zero attached hydrogens (tertiary/aromatic N) is 1. The Balaban J connectivity index is 2.00. The summed E-state index contributed by atoms with van der Waals surface area (Å²) in [4.78, 5) is 24.2. The minimum Gasteiger partial charge on any atom is -0.481 e. The predicted octanol–water partition coefficient (Wildman–Crippen LogP) is 1.62. The van der Waals surface area contributed by atoms with Gasteiger partial charge in [-0.15, -0.1) is 0 Å². The summed E-state index contributed by atoms with van der Waals surface area (Å²) in [6, 6.07) is 0.667. The Hall–Kier alpha value is -1.10. The van der Waals surface area contributed by atoms with E-state index in [9.17, 15) is 9.59 Å². The van der Waals surface area contributed by atoms with Crippen molar-refractivity contribution in [1.29, 1.82) is 0 Å². The molecule has 1 unspecified atom stereocenters. The number of likely N-dealkylation sites (tertiary alicyclic amines) is 1. The number of rotatable bonds is 8. The highest BCUT2D eigenvalue weighted by atomic mass is 16.4. The van der Waals surface area contributed by atoms with Crippen LogP contribution in [-0.2, 0) is 9.59 Å². The van der Waals surface area contributed by atoms with Gasteiger partial charge in [-0.25, -0.2) is 0 Å². The third-order valence-corrected chi connectivity index (χ3v) is 3.68. The van der Waals surface area contributed by atoms with E-state index in [2.05, 4.69) is 17.1 Å². The molecule has 19 heavy (non-hydrogen) atoms. The summed E-state index contributed by atoms with van der Waals surface area (Å²) in [5.74, 6) is -0.875. The summed E-state index contributed by atoms with van der Waals surface area (Å²) < 4.78 is 0. The first-order valence-electron chi connectivity index (χ1n) is 7.32. The van der Waals surface area contributed by atoms with Gasteiger partial charge in [0.15, 0.2) is 0 Å². The van der Waals surface area contributed by atoms with E-state index in [-0.39, 0.29) is 12.3 Å². The Kier molecular flexibility index (Phi) is 7.48. The van der Waals surface area contributed by atoms with Gasteiger partial charge >= 0.3 is 5.97 Å². The van der Waals surface area contributed by atoms with Gasteiger partial charge in [-0.1, -0.05) is 6.42 Å². The molecule has 1 fully saturated rings. The van der Waals surface area contributed by atoms with Crippen molar-refractivity contribution in [3.63, 3.8) is 0 Å². The van der Waals surface area contributed by atoms with Crippen LogP contribution < -0.4 is 5.32 Å². The molecule has 0 radical (unpaired) electrons. The number of carboxylic acid groups (broad SMARTS) is 1. The molecule has 1 amide bonds. The quantitative estimate of drug-likeness (QED) is 0.658. The van der Waals surface area contributed by atoms with Crippen molar-refractivity contribution in [2.45, 2.75) is 57.9 Å². The van der Waals surface area contributed by atoms with E-state index in [1.165, 1.54) is 25.8 Å². The van der Waals surface area contributed by atoms with Crippen LogP contribution in [0.2, 0.25) is 0 Å². The van der Waals surface area contributed by atoms with E-state index in [0.29, 0.717) is 25.4 Å². The zero-order valence-electron chi connectivity index (χ0n) is 11.9. The maximum absolute atomic E-state index is 11.4. The molecule has 1 aliphatic rings. The highest BCUT2D eigenvalue weighted by Gasteiger charge is 2.17. The summed E-state index contributed by atoms with van der Waals surface area (Å²) in [6.07, 6.45) is 5.66. The molecule has 1 aliphatic heterocycles. The summed E-state index contributed by atoms with van der Waals surface area (Å²) >= 11 is 0. The van der Waals surface area contributed by atoms with Crippen molar-refractivity contribution in [3.05, 3.63) is 0 Å². The van der Waals surface area contributed by atoms with E-state index in [0.717, 1.165) is 13.0 Å². The van der Waals surface area contributed by atoms with E-state index in [1.807, 2.05) is 0 Å². The fraction of sp³-hybridized carbons (Fsp3) is 0.857. The first-order chi connectivity index (χ1) is 9.09. The Morgan fingerprint density at radius 3 is 2.74 bits per heavy atom. The second-order valence-electron chi connectivity index (χ2n) is 5.33. The highest BCUT2D eigenvalue weighted by Crippen LogP contribution is 2.15. The predicted molar refractivity (Wildman–Crippen MR) is 74.0 cm³/mol. The highest BCUT2D eigenvalue weighted by molar-refractivity contribution is 5.76. The molecule has 110 valence electrons. The van der Waals surface area contributed by atoms with Crippen molar-refractivity contribution in [1.82, 2.24) is 10.2 Å². The second-order valence-corrected chi connectivity index (χ2v) is 5.33. The van der Waals surface area contributed by atoms with Gasteiger partial charge in [-0.3, -0.25) is 9.59 Å². The van der Waals surface area contributed by atoms with Crippen molar-refractivity contribution in [2.24, 2.45) is 0 Å². The molecule has 2 N–H and O–H groups in total. The number of hydrogen-bond acceptors (Lipinski definition) is 3. The summed E-state index contributed by atoms with van der Waals surface area (Å²) in [7, 11) is 0. The second kappa shape index (κ2) is 8.91. The fourth-order valence-corrected chi connectivity index (χ4v) is 2.49. The number of carbonyl (C=O) groups excluding carboxylic acids is 1. The van der Waals surface area contributed by atoms with Crippen LogP contribution in [0.4, 0.5) is 0 Å². The third-order valence-electron chi connectivity index (χ3n) is 3.68. The maximum Gasteiger partial charge on any atom is 0.303 e. The van der Waals surface area contributed by atoms with Crippen LogP contribution in [0.1, 0.15) is 51.9 Å². The molecule has 1 atom stereocenters. The smallest absolute Gasteiger partial charge is 0.303 e. The zero-order chi connectivity index (χ0) is 14.1. The summed E-state index contributed by atoms with van der Waals surface area (Å²) in [5.41, 5.74) is 0. The molecular weight excluding hydrogens is 244 g/mol. The van der Waals surface area contributed by atoms with Gasteiger partial charge in [0.2, 0.25) is 5.91 Å². The molecular formula is C14H26N2O3. The number of carboxylic acids is 1. The molecule has 5 nitrogen and oxygen atoms in total. The van der Waals surface area contributed by atoms with E-state index < -0.39 is 5.97 Å². The lowest BCUT2D eigenvalue weighted by molar-refractivity contribution is -0.137. The Morgan fingerprint density at radius 1 is 1.26 bits per heavy atom. The van der Waals surface area contributed by atoms with Gasteiger partial charge < -0.3 is 15.3 Å². The van der Waals surface area contributed by atoms with Crippen LogP contribution in [0.5, 0.6) is 0 Å². The van der Waals surface area contributed by atoms with Gasteiger partial charge in [-0.05, 0) is 39.2 Å². The van der Waals surface area contributed by atoms with Gasteiger partial charge in [-0.2, -0.15) is 0 Å². The molecule has 0 bridgehead atoms. The first kappa shape index (κ1) is 16.0. The molecule has 0 aliphatic carbocycles. The molecule has 0 saturated carbocycles. The fourth-order valence-electron chi connectivity index (χ4n) is 2.49. The molecule has 1 heterocycles. The van der Waals surface area contributed by atoms with Crippen molar-refractivity contribution in [2.75, 3.05) is 19.6 Å². The zero-order valence-corrected chi connectivity index (χ0v) is 11.9. The molecule has 0 spiro atoms. The average molecular weight is 270 g/mol. The first-order valence-corrected chi connectivity index (χ1v) is 7.32. The van der Waals surface area contributed by atoms with Gasteiger partial charge in [0.25, 0.3) is 0 Å². The number of piperidine rings is 1. The topological polar surface area (TPSA) is 69.6 Å². The average Bonchev–Trinajstić information content (AvgIpc) is 2.36. The Morgan fingerprint density at radius 2 is 2.05 bits per heavy atom. The summed E-state index contributed by atoms with van der Waals surface area (Å²) in [6.45, 7) is 5.17. The lowest BCUT2D eigenvalue weighted by atomic mass is 10.0. The lowest BCUT2D eigenvalue weighted by Gasteiger charge is -2.33. The molecule has 0 aromatic rings. The molecule has 5 heteroatoms. The monoisotopic (exact) mass is 270 g/mol. The van der Waals surface area contributed by atoms with Gasteiger partial charge in [0.05, 0.1) is 0 Å². The number of amides is 1. The van der Waals surface area contributed by atoms with Crippen molar-refractivity contribution >= 4 is 11.9 Å². The van der Waals surface area contributed by atoms with Crippen LogP contribution in [0.15, 0.2) is 0 Å². The third kappa shape index (κ3) is 7.15. The largest absolute Gasteiger partial charge is 0.481 e. The van der Waals surface area contributed by atoms with E-state index in [4.69, 9.17) is 5.11 Å². The lowest BCUT2D eigenvalue weighted by Crippen LogP contribution is -2.39. The number of aliphatic carboxylic acids is 1. The minimum absolute atomic E-state index is 0.0343. The maximum atomic E-state index is 11.4. The van der Waals surface area contributed by atoms with Gasteiger partial charge in [0, 0.05) is 32.0 Å². The SMILES string of the molecule is CC1CCCCN1CCCNC(=O)CCCC(=O)O. The standard InChI is InChI=1S/C14H26N2O3/c1-12-6-2-3-10-16(12)11-5-9-15-13(17)7-4-8-14(18)19/h12H,2-11H2,1H3,(H,15,17)(H,18,19). The number of carbonyl (C=O) groups is 2.